The van der Waals surface area contributed by atoms with Gasteiger partial charge in [0.1, 0.15) is 17.4 Å². The molecule has 1 aromatic rings. The molecule has 0 atom stereocenters. The number of fused-ring (bicyclic) bond motifs is 1. The molecule has 0 aromatic carbocycles. The molecule has 0 spiro atoms. The molecule has 1 aliphatic heterocycles. The third kappa shape index (κ3) is 2.77. The molecule has 0 fully saturated rings. The minimum absolute atomic E-state index is 0.326. The Kier molecular flexibility index (Phi) is 3.71. The molecule has 1 aliphatic rings. The minimum Gasteiger partial charge on any atom is -0.444 e. The first kappa shape index (κ1) is 14.4. The number of rotatable bonds is 1. The van der Waals surface area contributed by atoms with E-state index in [9.17, 15) is 10.1 Å². The molecule has 6 heteroatoms. The van der Waals surface area contributed by atoms with Gasteiger partial charge in [-0.15, -0.1) is 0 Å². The average Bonchev–Trinajstić information content (AvgIpc) is 2.73. The fourth-order valence-corrected chi connectivity index (χ4v) is 2.28. The van der Waals surface area contributed by atoms with Gasteiger partial charge >= 0.3 is 6.09 Å². The van der Waals surface area contributed by atoms with Crippen LogP contribution in [0.2, 0.25) is 0 Å². The van der Waals surface area contributed by atoms with E-state index in [2.05, 4.69) is 11.2 Å². The van der Waals surface area contributed by atoms with Gasteiger partial charge in [-0.3, -0.25) is 4.68 Å². The molecule has 1 amide bonds. The normalized spacial score (nSPS) is 14.7. The Bertz CT molecular complexity index is 563. The molecule has 2 rings (SSSR count). The molecular formula is C14H20N4O2. The van der Waals surface area contributed by atoms with Gasteiger partial charge in [-0.1, -0.05) is 0 Å². The van der Waals surface area contributed by atoms with E-state index in [1.165, 1.54) is 0 Å². The lowest BCUT2D eigenvalue weighted by Crippen LogP contribution is -2.39. The van der Waals surface area contributed by atoms with Crippen LogP contribution < -0.4 is 0 Å². The number of hydrogen-bond donors (Lipinski definition) is 0. The monoisotopic (exact) mass is 276 g/mol. The van der Waals surface area contributed by atoms with Crippen LogP contribution in [0.25, 0.3) is 0 Å². The molecule has 0 unspecified atom stereocenters. The number of nitrogens with zero attached hydrogens (tertiary/aromatic N) is 4. The van der Waals surface area contributed by atoms with E-state index in [1.807, 2.05) is 27.7 Å². The molecule has 0 saturated heterocycles. The summed E-state index contributed by atoms with van der Waals surface area (Å²) < 4.78 is 7.07. The van der Waals surface area contributed by atoms with Crippen LogP contribution in [0.1, 0.15) is 44.6 Å². The largest absolute Gasteiger partial charge is 0.444 e. The molecule has 0 radical (unpaired) electrons. The van der Waals surface area contributed by atoms with Crippen molar-refractivity contribution in [3.63, 3.8) is 0 Å². The minimum atomic E-state index is -0.502. The van der Waals surface area contributed by atoms with Crippen molar-refractivity contribution in [1.29, 1.82) is 5.26 Å². The van der Waals surface area contributed by atoms with Crippen LogP contribution in [-0.4, -0.2) is 32.9 Å². The third-order valence-corrected chi connectivity index (χ3v) is 3.16. The second-order valence-electron chi connectivity index (χ2n) is 5.85. The van der Waals surface area contributed by atoms with E-state index in [4.69, 9.17) is 4.74 Å². The van der Waals surface area contributed by atoms with Gasteiger partial charge in [0, 0.05) is 18.7 Å². The summed E-state index contributed by atoms with van der Waals surface area (Å²) in [5.74, 6) is 0. The van der Waals surface area contributed by atoms with E-state index in [0.717, 1.165) is 11.3 Å². The molecule has 20 heavy (non-hydrogen) atoms. The number of amides is 1. The zero-order valence-corrected chi connectivity index (χ0v) is 12.4. The zero-order valence-electron chi connectivity index (χ0n) is 12.4. The van der Waals surface area contributed by atoms with E-state index in [1.54, 1.807) is 9.58 Å². The molecule has 0 bridgehead atoms. The van der Waals surface area contributed by atoms with Gasteiger partial charge in [0.2, 0.25) is 0 Å². The van der Waals surface area contributed by atoms with Crippen LogP contribution in [-0.2, 0) is 24.2 Å². The highest BCUT2D eigenvalue weighted by molar-refractivity contribution is 5.68. The Balaban J connectivity index is 2.18. The Labute approximate surface area is 118 Å². The van der Waals surface area contributed by atoms with Crippen molar-refractivity contribution in [3.05, 3.63) is 17.0 Å². The van der Waals surface area contributed by atoms with E-state index in [0.29, 0.717) is 31.7 Å². The van der Waals surface area contributed by atoms with Crippen molar-refractivity contribution >= 4 is 6.09 Å². The van der Waals surface area contributed by atoms with Crippen LogP contribution in [0, 0.1) is 11.3 Å². The predicted octanol–water partition coefficient (Wildman–Crippen LogP) is 2.07. The fraction of sp³-hybridized carbons (Fsp3) is 0.643. The van der Waals surface area contributed by atoms with Gasteiger partial charge in [0.25, 0.3) is 0 Å². The fourth-order valence-electron chi connectivity index (χ4n) is 2.28. The predicted molar refractivity (Wildman–Crippen MR) is 73.0 cm³/mol. The number of carbonyl (C=O) groups excluding carboxylic acids is 1. The van der Waals surface area contributed by atoms with Gasteiger partial charge in [-0.25, -0.2) is 4.79 Å². The second kappa shape index (κ2) is 5.16. The maximum Gasteiger partial charge on any atom is 0.410 e. The second-order valence-corrected chi connectivity index (χ2v) is 5.85. The Hall–Kier alpha value is -2.03. The van der Waals surface area contributed by atoms with Crippen LogP contribution in [0.3, 0.4) is 0 Å². The SMILES string of the molecule is CCn1nc2c(c1C#N)CCN(C(=O)OC(C)(C)C)C2. The molecule has 0 aliphatic carbocycles. The topological polar surface area (TPSA) is 71.2 Å². The van der Waals surface area contributed by atoms with Crippen molar-refractivity contribution in [1.82, 2.24) is 14.7 Å². The summed E-state index contributed by atoms with van der Waals surface area (Å²) in [6, 6.07) is 2.20. The van der Waals surface area contributed by atoms with E-state index in [-0.39, 0.29) is 6.09 Å². The number of carbonyl (C=O) groups is 1. The van der Waals surface area contributed by atoms with Crippen LogP contribution >= 0.6 is 0 Å². The van der Waals surface area contributed by atoms with Crippen LogP contribution in [0.15, 0.2) is 0 Å². The van der Waals surface area contributed by atoms with Crippen LogP contribution in [0.5, 0.6) is 0 Å². The molecule has 6 nitrogen and oxygen atoms in total. The smallest absolute Gasteiger partial charge is 0.410 e. The van der Waals surface area contributed by atoms with Gasteiger partial charge in [0.05, 0.1) is 12.2 Å². The molecule has 0 N–H and O–H groups in total. The van der Waals surface area contributed by atoms with Gasteiger partial charge in [-0.05, 0) is 34.1 Å². The molecular weight excluding hydrogens is 256 g/mol. The Morgan fingerprint density at radius 1 is 1.50 bits per heavy atom. The third-order valence-electron chi connectivity index (χ3n) is 3.16. The lowest BCUT2D eigenvalue weighted by molar-refractivity contribution is 0.0221. The van der Waals surface area contributed by atoms with Gasteiger partial charge in [-0.2, -0.15) is 10.4 Å². The van der Waals surface area contributed by atoms with Crippen molar-refractivity contribution in [3.8, 4) is 6.07 Å². The Morgan fingerprint density at radius 3 is 2.75 bits per heavy atom. The Morgan fingerprint density at radius 2 is 2.20 bits per heavy atom. The zero-order chi connectivity index (χ0) is 14.9. The summed E-state index contributed by atoms with van der Waals surface area (Å²) in [6.07, 6.45) is 0.324. The quantitative estimate of drug-likeness (QED) is 0.787. The number of ether oxygens (including phenoxy) is 1. The highest BCUT2D eigenvalue weighted by atomic mass is 16.6. The maximum absolute atomic E-state index is 12.1. The lowest BCUT2D eigenvalue weighted by Gasteiger charge is -2.29. The highest BCUT2D eigenvalue weighted by Crippen LogP contribution is 2.23. The van der Waals surface area contributed by atoms with Crippen molar-refractivity contribution in [2.24, 2.45) is 0 Å². The standard InChI is InChI=1S/C14H20N4O2/c1-5-18-12(8-15)10-6-7-17(9-11(10)16-18)13(19)20-14(2,3)4/h5-7,9H2,1-4H3. The molecule has 2 heterocycles. The number of aryl methyl sites for hydroxylation is 1. The summed E-state index contributed by atoms with van der Waals surface area (Å²) >= 11 is 0. The van der Waals surface area contributed by atoms with E-state index >= 15 is 0 Å². The average molecular weight is 276 g/mol. The highest BCUT2D eigenvalue weighted by Gasteiger charge is 2.29. The number of aromatic nitrogens is 2. The van der Waals surface area contributed by atoms with Crippen molar-refractivity contribution in [2.45, 2.75) is 52.8 Å². The van der Waals surface area contributed by atoms with Gasteiger partial charge < -0.3 is 9.64 Å². The van der Waals surface area contributed by atoms with Crippen molar-refractivity contribution in [2.75, 3.05) is 6.54 Å². The number of nitriles is 1. The van der Waals surface area contributed by atoms with Gasteiger partial charge in [0.15, 0.2) is 0 Å². The first-order valence-electron chi connectivity index (χ1n) is 6.82. The number of hydrogen-bond acceptors (Lipinski definition) is 4. The summed E-state index contributed by atoms with van der Waals surface area (Å²) in [6.45, 7) is 9.12. The molecule has 108 valence electrons. The molecule has 1 aromatic heterocycles. The molecule has 0 saturated carbocycles. The first-order chi connectivity index (χ1) is 9.35. The first-order valence-corrected chi connectivity index (χ1v) is 6.82. The lowest BCUT2D eigenvalue weighted by atomic mass is 10.1. The van der Waals surface area contributed by atoms with Crippen LogP contribution in [0.4, 0.5) is 4.79 Å². The summed E-state index contributed by atoms with van der Waals surface area (Å²) in [5, 5.41) is 13.6. The summed E-state index contributed by atoms with van der Waals surface area (Å²) in [4.78, 5) is 13.7. The van der Waals surface area contributed by atoms with Crippen molar-refractivity contribution < 1.29 is 9.53 Å². The maximum atomic E-state index is 12.1. The summed E-state index contributed by atoms with van der Waals surface area (Å²) in [7, 11) is 0. The van der Waals surface area contributed by atoms with E-state index < -0.39 is 5.60 Å². The summed E-state index contributed by atoms with van der Waals surface area (Å²) in [5.41, 5.74) is 1.89.